The number of hydrogen-bond acceptors (Lipinski definition) is 4. The molecule has 0 aliphatic heterocycles. The van der Waals surface area contributed by atoms with Gasteiger partial charge in [-0.05, 0) is 48.6 Å². The SMILES string of the molecule is CSc1ccc(C(O)CNC(=O)C(=O)Nc2cccc(Cl)c2C)cc1. The summed E-state index contributed by atoms with van der Waals surface area (Å²) in [5.74, 6) is -1.63. The van der Waals surface area contributed by atoms with E-state index in [1.807, 2.05) is 18.4 Å². The summed E-state index contributed by atoms with van der Waals surface area (Å²) in [6.07, 6.45) is 1.08. The van der Waals surface area contributed by atoms with Gasteiger partial charge in [-0.25, -0.2) is 0 Å². The van der Waals surface area contributed by atoms with E-state index in [0.717, 1.165) is 4.90 Å². The Morgan fingerprint density at radius 1 is 1.16 bits per heavy atom. The largest absolute Gasteiger partial charge is 0.387 e. The third kappa shape index (κ3) is 5.22. The second kappa shape index (κ2) is 8.89. The minimum Gasteiger partial charge on any atom is -0.387 e. The van der Waals surface area contributed by atoms with E-state index < -0.39 is 17.9 Å². The first kappa shape index (κ1) is 19.3. The molecule has 0 aliphatic rings. The lowest BCUT2D eigenvalue weighted by atomic mass is 10.1. The van der Waals surface area contributed by atoms with Crippen molar-refractivity contribution >= 4 is 40.9 Å². The summed E-state index contributed by atoms with van der Waals surface area (Å²) >= 11 is 7.58. The number of aliphatic hydroxyl groups excluding tert-OH is 1. The number of anilines is 1. The Hall–Kier alpha value is -2.02. The molecule has 0 saturated heterocycles. The zero-order valence-corrected chi connectivity index (χ0v) is 15.4. The molecule has 0 aliphatic carbocycles. The maximum Gasteiger partial charge on any atom is 0.313 e. The van der Waals surface area contributed by atoms with E-state index in [0.29, 0.717) is 21.8 Å². The van der Waals surface area contributed by atoms with Crippen molar-refractivity contribution in [1.82, 2.24) is 5.32 Å². The van der Waals surface area contributed by atoms with Crippen LogP contribution in [-0.4, -0.2) is 29.7 Å². The Labute approximate surface area is 155 Å². The smallest absolute Gasteiger partial charge is 0.313 e. The summed E-state index contributed by atoms with van der Waals surface area (Å²) in [5.41, 5.74) is 1.82. The number of rotatable bonds is 5. The predicted octanol–water partition coefficient (Wildman–Crippen LogP) is 3.16. The first-order chi connectivity index (χ1) is 11.9. The summed E-state index contributed by atoms with van der Waals surface area (Å²) < 4.78 is 0. The van der Waals surface area contributed by atoms with E-state index in [1.54, 1.807) is 49.0 Å². The van der Waals surface area contributed by atoms with Gasteiger partial charge in [0, 0.05) is 22.2 Å². The zero-order valence-electron chi connectivity index (χ0n) is 13.9. The van der Waals surface area contributed by atoms with Crippen LogP contribution in [0.2, 0.25) is 5.02 Å². The summed E-state index contributed by atoms with van der Waals surface area (Å²) in [6.45, 7) is 1.69. The van der Waals surface area contributed by atoms with Crippen molar-refractivity contribution in [2.45, 2.75) is 17.9 Å². The molecular formula is C18H19ClN2O3S. The molecule has 2 rings (SSSR count). The minimum absolute atomic E-state index is 0.0562. The highest BCUT2D eigenvalue weighted by molar-refractivity contribution is 7.98. The number of thioether (sulfide) groups is 1. The monoisotopic (exact) mass is 378 g/mol. The fourth-order valence-electron chi connectivity index (χ4n) is 2.14. The standard InChI is InChI=1S/C18H19ClN2O3S/c1-11-14(19)4-3-5-15(11)21-18(24)17(23)20-10-16(22)12-6-8-13(25-2)9-7-12/h3-9,16,22H,10H2,1-2H3,(H,20,23)(H,21,24). The van der Waals surface area contributed by atoms with Gasteiger partial charge in [0.1, 0.15) is 0 Å². The maximum absolute atomic E-state index is 12.0. The molecule has 0 radical (unpaired) electrons. The molecule has 3 N–H and O–H groups in total. The van der Waals surface area contributed by atoms with Gasteiger partial charge in [-0.3, -0.25) is 9.59 Å². The molecule has 132 valence electrons. The van der Waals surface area contributed by atoms with Gasteiger partial charge in [0.05, 0.1) is 6.10 Å². The number of hydrogen-bond donors (Lipinski definition) is 3. The summed E-state index contributed by atoms with van der Waals surface area (Å²) in [5, 5.41) is 15.6. The zero-order chi connectivity index (χ0) is 18.4. The molecule has 2 amide bonds. The Bertz CT molecular complexity index is 765. The van der Waals surface area contributed by atoms with Crippen LogP contribution in [0.25, 0.3) is 0 Å². The minimum atomic E-state index is -0.888. The first-order valence-corrected chi connectivity index (χ1v) is 9.19. The van der Waals surface area contributed by atoms with E-state index in [9.17, 15) is 14.7 Å². The molecule has 0 bridgehead atoms. The van der Waals surface area contributed by atoms with Crippen LogP contribution in [0.4, 0.5) is 5.69 Å². The van der Waals surface area contributed by atoms with Crippen LogP contribution in [0.1, 0.15) is 17.2 Å². The van der Waals surface area contributed by atoms with E-state index in [1.165, 1.54) is 0 Å². The van der Waals surface area contributed by atoms with E-state index in [2.05, 4.69) is 10.6 Å². The average molecular weight is 379 g/mol. The number of halogens is 1. The van der Waals surface area contributed by atoms with Crippen LogP contribution in [-0.2, 0) is 9.59 Å². The summed E-state index contributed by atoms with van der Waals surface area (Å²) in [6, 6.07) is 12.4. The van der Waals surface area contributed by atoms with Gasteiger partial charge < -0.3 is 15.7 Å². The maximum atomic E-state index is 12.0. The molecular weight excluding hydrogens is 360 g/mol. The summed E-state index contributed by atoms with van der Waals surface area (Å²) in [7, 11) is 0. The quantitative estimate of drug-likeness (QED) is 0.551. The van der Waals surface area contributed by atoms with Crippen LogP contribution >= 0.6 is 23.4 Å². The van der Waals surface area contributed by atoms with E-state index in [4.69, 9.17) is 11.6 Å². The van der Waals surface area contributed by atoms with Crippen molar-refractivity contribution in [2.24, 2.45) is 0 Å². The van der Waals surface area contributed by atoms with Crippen LogP contribution < -0.4 is 10.6 Å². The van der Waals surface area contributed by atoms with Crippen LogP contribution in [0.5, 0.6) is 0 Å². The van der Waals surface area contributed by atoms with Crippen molar-refractivity contribution in [3.8, 4) is 0 Å². The highest BCUT2D eigenvalue weighted by Crippen LogP contribution is 2.23. The molecule has 0 aromatic heterocycles. The number of aliphatic hydroxyl groups is 1. The molecule has 0 heterocycles. The van der Waals surface area contributed by atoms with Crippen molar-refractivity contribution in [3.63, 3.8) is 0 Å². The van der Waals surface area contributed by atoms with Gasteiger partial charge in [-0.1, -0.05) is 29.8 Å². The number of benzene rings is 2. The molecule has 5 nitrogen and oxygen atoms in total. The van der Waals surface area contributed by atoms with Crippen molar-refractivity contribution in [3.05, 3.63) is 58.6 Å². The first-order valence-electron chi connectivity index (χ1n) is 7.58. The van der Waals surface area contributed by atoms with Gasteiger partial charge in [0.2, 0.25) is 0 Å². The molecule has 1 atom stereocenters. The molecule has 0 spiro atoms. The second-order valence-corrected chi connectivity index (χ2v) is 6.65. The Kier molecular flexibility index (Phi) is 6.87. The molecule has 2 aromatic rings. The molecule has 0 saturated carbocycles. The van der Waals surface area contributed by atoms with Crippen LogP contribution in [0, 0.1) is 6.92 Å². The number of carbonyl (C=O) groups is 2. The number of carbonyl (C=O) groups excluding carboxylic acids is 2. The van der Waals surface area contributed by atoms with Gasteiger partial charge in [-0.2, -0.15) is 0 Å². The van der Waals surface area contributed by atoms with Gasteiger partial charge >= 0.3 is 11.8 Å². The highest BCUT2D eigenvalue weighted by Gasteiger charge is 2.17. The second-order valence-electron chi connectivity index (χ2n) is 5.37. The van der Waals surface area contributed by atoms with Gasteiger partial charge in [0.25, 0.3) is 0 Å². The molecule has 25 heavy (non-hydrogen) atoms. The number of nitrogens with one attached hydrogen (secondary N) is 2. The summed E-state index contributed by atoms with van der Waals surface area (Å²) in [4.78, 5) is 24.9. The molecule has 1 unspecified atom stereocenters. The van der Waals surface area contributed by atoms with E-state index >= 15 is 0 Å². The Morgan fingerprint density at radius 3 is 2.48 bits per heavy atom. The lowest BCUT2D eigenvalue weighted by Crippen LogP contribution is -2.37. The Balaban J connectivity index is 1.90. The van der Waals surface area contributed by atoms with Crippen molar-refractivity contribution in [1.29, 1.82) is 0 Å². The third-order valence-electron chi connectivity index (χ3n) is 3.68. The number of amides is 2. The highest BCUT2D eigenvalue weighted by atomic mass is 35.5. The topological polar surface area (TPSA) is 78.4 Å². The molecule has 7 heteroatoms. The lowest BCUT2D eigenvalue weighted by Gasteiger charge is -2.13. The normalized spacial score (nSPS) is 11.7. The van der Waals surface area contributed by atoms with Gasteiger partial charge in [0.15, 0.2) is 0 Å². The third-order valence-corrected chi connectivity index (χ3v) is 4.83. The molecule has 0 fully saturated rings. The predicted molar refractivity (Wildman–Crippen MR) is 101 cm³/mol. The fourth-order valence-corrected chi connectivity index (χ4v) is 2.72. The fraction of sp³-hybridized carbons (Fsp3) is 0.222. The van der Waals surface area contributed by atoms with Crippen molar-refractivity contribution < 1.29 is 14.7 Å². The van der Waals surface area contributed by atoms with Crippen LogP contribution in [0.15, 0.2) is 47.4 Å². The van der Waals surface area contributed by atoms with Crippen molar-refractivity contribution in [2.75, 3.05) is 18.1 Å². The van der Waals surface area contributed by atoms with Gasteiger partial charge in [-0.15, -0.1) is 11.8 Å². The Morgan fingerprint density at radius 2 is 1.84 bits per heavy atom. The van der Waals surface area contributed by atoms with E-state index in [-0.39, 0.29) is 6.54 Å². The average Bonchev–Trinajstić information content (AvgIpc) is 2.63. The lowest BCUT2D eigenvalue weighted by molar-refractivity contribution is -0.136. The van der Waals surface area contributed by atoms with Crippen LogP contribution in [0.3, 0.4) is 0 Å². The molecule has 2 aromatic carbocycles.